The first-order chi connectivity index (χ1) is 7.24. The zero-order valence-electron chi connectivity index (χ0n) is 8.83. The van der Waals surface area contributed by atoms with Crippen molar-refractivity contribution < 1.29 is 0 Å². The molecule has 3 heteroatoms. The summed E-state index contributed by atoms with van der Waals surface area (Å²) < 4.78 is 0. The van der Waals surface area contributed by atoms with E-state index in [-0.39, 0.29) is 0 Å². The third-order valence-corrected chi connectivity index (χ3v) is 4.00. The zero-order chi connectivity index (χ0) is 10.4. The van der Waals surface area contributed by atoms with Crippen LogP contribution in [0.2, 0.25) is 5.15 Å². The molecule has 1 aromatic rings. The topological polar surface area (TPSA) is 24.9 Å². The molecule has 2 nitrogen and oxygen atoms in total. The minimum atomic E-state index is 0.604. The van der Waals surface area contributed by atoms with Gasteiger partial charge in [-0.05, 0) is 37.8 Å². The fraction of sp³-hybridized carbons (Fsp3) is 0.583. The number of rotatable bonds is 1. The SMILES string of the molecule is Cc1nc(Cl)ccc1C1CC2CCC1N2. The Bertz CT molecular complexity index is 391. The molecule has 2 aliphatic rings. The molecule has 80 valence electrons. The summed E-state index contributed by atoms with van der Waals surface area (Å²) in [5.41, 5.74) is 2.49. The summed E-state index contributed by atoms with van der Waals surface area (Å²) in [5, 5.41) is 4.26. The lowest BCUT2D eigenvalue weighted by Gasteiger charge is -2.21. The maximum atomic E-state index is 5.88. The first-order valence-corrected chi connectivity index (χ1v) is 6.01. The second-order valence-electron chi connectivity index (χ2n) is 4.70. The molecular weight excluding hydrogens is 208 g/mol. The van der Waals surface area contributed by atoms with E-state index in [9.17, 15) is 0 Å². The average molecular weight is 223 g/mol. The van der Waals surface area contributed by atoms with E-state index in [1.165, 1.54) is 24.8 Å². The lowest BCUT2D eigenvalue weighted by Crippen LogP contribution is -2.22. The monoisotopic (exact) mass is 222 g/mol. The second-order valence-corrected chi connectivity index (χ2v) is 5.09. The Kier molecular flexibility index (Phi) is 2.22. The summed E-state index contributed by atoms with van der Waals surface area (Å²) in [6.07, 6.45) is 3.94. The molecular formula is C12H15ClN2. The van der Waals surface area contributed by atoms with E-state index in [2.05, 4.69) is 23.3 Å². The van der Waals surface area contributed by atoms with Crippen LogP contribution in [-0.2, 0) is 0 Å². The number of aryl methyl sites for hydroxylation is 1. The highest BCUT2D eigenvalue weighted by Crippen LogP contribution is 2.40. The molecule has 3 unspecified atom stereocenters. The maximum Gasteiger partial charge on any atom is 0.129 e. The van der Waals surface area contributed by atoms with Crippen LogP contribution in [0.25, 0.3) is 0 Å². The summed E-state index contributed by atoms with van der Waals surface area (Å²) in [4.78, 5) is 4.34. The molecule has 15 heavy (non-hydrogen) atoms. The molecule has 1 aromatic heterocycles. The minimum Gasteiger partial charge on any atom is -0.311 e. The van der Waals surface area contributed by atoms with E-state index < -0.39 is 0 Å². The highest BCUT2D eigenvalue weighted by atomic mass is 35.5. The normalized spacial score (nSPS) is 33.6. The molecule has 3 atom stereocenters. The van der Waals surface area contributed by atoms with Gasteiger partial charge in [0.15, 0.2) is 0 Å². The van der Waals surface area contributed by atoms with Crippen LogP contribution in [0, 0.1) is 6.92 Å². The van der Waals surface area contributed by atoms with Crippen molar-refractivity contribution in [3.8, 4) is 0 Å². The van der Waals surface area contributed by atoms with Crippen LogP contribution < -0.4 is 5.32 Å². The molecule has 0 aromatic carbocycles. The highest BCUT2D eigenvalue weighted by molar-refractivity contribution is 6.29. The standard InChI is InChI=1S/C12H15ClN2/c1-7-9(3-5-12(13)14-7)10-6-8-2-4-11(10)15-8/h3,5,8,10-11,15H,2,4,6H2,1H3. The minimum absolute atomic E-state index is 0.604. The van der Waals surface area contributed by atoms with Crippen LogP contribution in [0.5, 0.6) is 0 Å². The van der Waals surface area contributed by atoms with Gasteiger partial charge >= 0.3 is 0 Å². The Morgan fingerprint density at radius 3 is 2.87 bits per heavy atom. The Morgan fingerprint density at radius 1 is 1.40 bits per heavy atom. The molecule has 2 saturated heterocycles. The van der Waals surface area contributed by atoms with E-state index in [4.69, 9.17) is 11.6 Å². The number of halogens is 1. The number of pyridine rings is 1. The predicted octanol–water partition coefficient (Wildman–Crippen LogP) is 2.65. The molecule has 0 saturated carbocycles. The summed E-state index contributed by atoms with van der Waals surface area (Å²) in [6.45, 7) is 2.06. The van der Waals surface area contributed by atoms with E-state index >= 15 is 0 Å². The quantitative estimate of drug-likeness (QED) is 0.739. The van der Waals surface area contributed by atoms with E-state index in [0.29, 0.717) is 17.1 Å². The lowest BCUT2D eigenvalue weighted by molar-refractivity contribution is 0.503. The Hall–Kier alpha value is -0.600. The Labute approximate surface area is 95.0 Å². The fourth-order valence-corrected chi connectivity index (χ4v) is 3.29. The lowest BCUT2D eigenvalue weighted by atomic mass is 9.83. The summed E-state index contributed by atoms with van der Waals surface area (Å²) in [6, 6.07) is 5.49. The third kappa shape index (κ3) is 1.56. The van der Waals surface area contributed by atoms with E-state index in [1.54, 1.807) is 0 Å². The molecule has 2 fully saturated rings. The first kappa shape index (κ1) is 9.61. The van der Waals surface area contributed by atoms with Gasteiger partial charge in [-0.1, -0.05) is 17.7 Å². The molecule has 1 N–H and O–H groups in total. The van der Waals surface area contributed by atoms with Gasteiger partial charge in [0, 0.05) is 23.7 Å². The van der Waals surface area contributed by atoms with Crippen LogP contribution in [0.15, 0.2) is 12.1 Å². The molecule has 0 radical (unpaired) electrons. The van der Waals surface area contributed by atoms with Crippen molar-refractivity contribution in [1.82, 2.24) is 10.3 Å². The fourth-order valence-electron chi connectivity index (χ4n) is 3.10. The summed E-state index contributed by atoms with van der Waals surface area (Å²) >= 11 is 5.88. The van der Waals surface area contributed by atoms with Gasteiger partial charge in [-0.15, -0.1) is 0 Å². The molecule has 2 aliphatic heterocycles. The first-order valence-electron chi connectivity index (χ1n) is 5.63. The zero-order valence-corrected chi connectivity index (χ0v) is 9.59. The van der Waals surface area contributed by atoms with E-state index in [0.717, 1.165) is 11.7 Å². The van der Waals surface area contributed by atoms with Crippen LogP contribution in [0.3, 0.4) is 0 Å². The Balaban J connectivity index is 1.93. The second kappa shape index (κ2) is 3.46. The maximum absolute atomic E-state index is 5.88. The molecule has 0 aliphatic carbocycles. The molecule has 2 bridgehead atoms. The number of hydrogen-bond donors (Lipinski definition) is 1. The van der Waals surface area contributed by atoms with Gasteiger partial charge in [0.1, 0.15) is 5.15 Å². The van der Waals surface area contributed by atoms with Crippen LogP contribution >= 0.6 is 11.6 Å². The summed E-state index contributed by atoms with van der Waals surface area (Å²) in [5.74, 6) is 0.661. The average Bonchev–Trinajstić information content (AvgIpc) is 2.78. The van der Waals surface area contributed by atoms with Gasteiger partial charge < -0.3 is 5.32 Å². The van der Waals surface area contributed by atoms with Crippen LogP contribution in [0.1, 0.15) is 36.4 Å². The number of aromatic nitrogens is 1. The molecule has 3 rings (SSSR count). The van der Waals surface area contributed by atoms with Crippen molar-refractivity contribution in [3.63, 3.8) is 0 Å². The predicted molar refractivity (Wildman–Crippen MR) is 61.3 cm³/mol. The molecule has 0 spiro atoms. The van der Waals surface area contributed by atoms with Crippen LogP contribution in [-0.4, -0.2) is 17.1 Å². The van der Waals surface area contributed by atoms with Crippen molar-refractivity contribution in [2.24, 2.45) is 0 Å². The van der Waals surface area contributed by atoms with E-state index in [1.807, 2.05) is 6.07 Å². The smallest absolute Gasteiger partial charge is 0.129 e. The molecule has 0 amide bonds. The largest absolute Gasteiger partial charge is 0.311 e. The van der Waals surface area contributed by atoms with Gasteiger partial charge in [-0.2, -0.15) is 0 Å². The van der Waals surface area contributed by atoms with Crippen molar-refractivity contribution >= 4 is 11.6 Å². The summed E-state index contributed by atoms with van der Waals surface area (Å²) in [7, 11) is 0. The van der Waals surface area contributed by atoms with Gasteiger partial charge in [-0.3, -0.25) is 0 Å². The van der Waals surface area contributed by atoms with Crippen molar-refractivity contribution in [2.45, 2.75) is 44.2 Å². The van der Waals surface area contributed by atoms with Gasteiger partial charge in [0.05, 0.1) is 0 Å². The molecule has 3 heterocycles. The van der Waals surface area contributed by atoms with Crippen molar-refractivity contribution in [2.75, 3.05) is 0 Å². The number of hydrogen-bond acceptors (Lipinski definition) is 2. The van der Waals surface area contributed by atoms with Gasteiger partial charge in [0.2, 0.25) is 0 Å². The third-order valence-electron chi connectivity index (χ3n) is 3.79. The van der Waals surface area contributed by atoms with Crippen LogP contribution in [0.4, 0.5) is 0 Å². The highest BCUT2D eigenvalue weighted by Gasteiger charge is 2.40. The van der Waals surface area contributed by atoms with Crippen molar-refractivity contribution in [1.29, 1.82) is 0 Å². The number of nitrogens with one attached hydrogen (secondary N) is 1. The Morgan fingerprint density at radius 2 is 2.27 bits per heavy atom. The van der Waals surface area contributed by atoms with Gasteiger partial charge in [0.25, 0.3) is 0 Å². The van der Waals surface area contributed by atoms with Gasteiger partial charge in [-0.25, -0.2) is 4.98 Å². The number of fused-ring (bicyclic) bond motifs is 2. The number of nitrogens with zero attached hydrogens (tertiary/aromatic N) is 1. The van der Waals surface area contributed by atoms with Crippen molar-refractivity contribution in [3.05, 3.63) is 28.5 Å².